The first-order valence-corrected chi connectivity index (χ1v) is 10.2. The fraction of sp³-hybridized carbons (Fsp3) is 0.455. The molecule has 0 saturated heterocycles. The molecular weight excluding hydrogens is 352 g/mol. The molecule has 2 aliphatic rings. The Morgan fingerprint density at radius 3 is 2.93 bits per heavy atom. The van der Waals surface area contributed by atoms with Crippen LogP contribution in [0.25, 0.3) is 10.9 Å². The van der Waals surface area contributed by atoms with Gasteiger partial charge in [0, 0.05) is 44.2 Å². The molecular formula is C22H26N4O2. The second kappa shape index (κ2) is 6.87. The maximum Gasteiger partial charge on any atom is 0.251 e. The van der Waals surface area contributed by atoms with E-state index in [0.29, 0.717) is 0 Å². The van der Waals surface area contributed by atoms with Gasteiger partial charge in [-0.2, -0.15) is 5.10 Å². The summed E-state index contributed by atoms with van der Waals surface area (Å²) in [5.74, 6) is 0. The number of para-hydroxylation sites is 1. The van der Waals surface area contributed by atoms with Crippen LogP contribution in [0.2, 0.25) is 0 Å². The second-order valence-electron chi connectivity index (χ2n) is 8.10. The minimum absolute atomic E-state index is 0.117. The summed E-state index contributed by atoms with van der Waals surface area (Å²) in [5, 5.41) is 15.6. The lowest BCUT2D eigenvalue weighted by atomic mass is 9.98. The number of pyridine rings is 1. The first kappa shape index (κ1) is 17.6. The summed E-state index contributed by atoms with van der Waals surface area (Å²) in [6, 6.07) is 10.3. The van der Waals surface area contributed by atoms with E-state index in [9.17, 15) is 9.90 Å². The molecule has 6 nitrogen and oxygen atoms in total. The molecule has 1 aromatic carbocycles. The Morgan fingerprint density at radius 2 is 2.07 bits per heavy atom. The number of aliphatic hydroxyl groups is 1. The van der Waals surface area contributed by atoms with Gasteiger partial charge >= 0.3 is 0 Å². The molecule has 0 radical (unpaired) electrons. The summed E-state index contributed by atoms with van der Waals surface area (Å²) < 4.78 is 3.97. The molecule has 0 saturated carbocycles. The molecule has 0 spiro atoms. The topological polar surface area (TPSA) is 63.3 Å². The largest absolute Gasteiger partial charge is 0.387 e. The van der Waals surface area contributed by atoms with Crippen molar-refractivity contribution in [1.82, 2.24) is 19.2 Å². The molecule has 0 amide bonds. The van der Waals surface area contributed by atoms with E-state index in [1.54, 1.807) is 6.92 Å². The highest BCUT2D eigenvalue weighted by Crippen LogP contribution is 2.27. The van der Waals surface area contributed by atoms with E-state index < -0.39 is 6.10 Å². The number of benzene rings is 1. The van der Waals surface area contributed by atoms with E-state index in [1.807, 2.05) is 21.4 Å². The smallest absolute Gasteiger partial charge is 0.251 e. The number of aliphatic hydroxyl groups excluding tert-OH is 1. The van der Waals surface area contributed by atoms with Crippen molar-refractivity contribution in [2.75, 3.05) is 6.54 Å². The molecule has 0 bridgehead atoms. The van der Waals surface area contributed by atoms with Crippen molar-refractivity contribution in [2.24, 2.45) is 0 Å². The van der Waals surface area contributed by atoms with Gasteiger partial charge in [0.15, 0.2) is 0 Å². The summed E-state index contributed by atoms with van der Waals surface area (Å²) in [7, 11) is 0. The number of fused-ring (bicyclic) bond motifs is 1. The molecule has 0 unspecified atom stereocenters. The highest BCUT2D eigenvalue weighted by molar-refractivity contribution is 5.86. The van der Waals surface area contributed by atoms with E-state index in [-0.39, 0.29) is 5.56 Å². The van der Waals surface area contributed by atoms with E-state index in [0.717, 1.165) is 74.5 Å². The first-order chi connectivity index (χ1) is 13.6. The Morgan fingerprint density at radius 1 is 1.18 bits per heavy atom. The van der Waals surface area contributed by atoms with E-state index >= 15 is 0 Å². The van der Waals surface area contributed by atoms with Crippen molar-refractivity contribution in [3.05, 3.63) is 63.2 Å². The summed E-state index contributed by atoms with van der Waals surface area (Å²) in [6.45, 7) is 5.94. The Balaban J connectivity index is 1.50. The Labute approximate surface area is 164 Å². The average Bonchev–Trinajstić information content (AvgIpc) is 2.99. The average molecular weight is 378 g/mol. The highest BCUT2D eigenvalue weighted by atomic mass is 16.3. The molecule has 2 aliphatic heterocycles. The van der Waals surface area contributed by atoms with Crippen LogP contribution in [0.5, 0.6) is 0 Å². The fourth-order valence-electron chi connectivity index (χ4n) is 4.70. The van der Waals surface area contributed by atoms with Gasteiger partial charge in [-0.1, -0.05) is 18.2 Å². The lowest BCUT2D eigenvalue weighted by Crippen LogP contribution is -2.28. The molecule has 2 aromatic heterocycles. The van der Waals surface area contributed by atoms with Gasteiger partial charge < -0.3 is 9.67 Å². The van der Waals surface area contributed by atoms with E-state index in [2.05, 4.69) is 28.2 Å². The Kier molecular flexibility index (Phi) is 4.33. The van der Waals surface area contributed by atoms with Crippen LogP contribution >= 0.6 is 0 Å². The number of nitrogens with zero attached hydrogens (tertiary/aromatic N) is 4. The Hall–Kier alpha value is -2.44. The molecule has 0 fully saturated rings. The summed E-state index contributed by atoms with van der Waals surface area (Å²) in [6.07, 6.45) is 2.54. The first-order valence-electron chi connectivity index (χ1n) is 10.2. The maximum atomic E-state index is 12.8. The highest BCUT2D eigenvalue weighted by Gasteiger charge is 2.21. The number of hydrogen-bond acceptors (Lipinski definition) is 4. The van der Waals surface area contributed by atoms with Crippen LogP contribution in [0.1, 0.15) is 48.4 Å². The number of hydrogen-bond donors (Lipinski definition) is 1. The van der Waals surface area contributed by atoms with Gasteiger partial charge in [-0.25, -0.2) is 0 Å². The van der Waals surface area contributed by atoms with Crippen molar-refractivity contribution in [3.8, 4) is 0 Å². The van der Waals surface area contributed by atoms with Crippen molar-refractivity contribution in [3.63, 3.8) is 0 Å². The van der Waals surface area contributed by atoms with Gasteiger partial charge in [-0.05, 0) is 43.4 Å². The minimum atomic E-state index is -0.548. The third-order valence-corrected chi connectivity index (χ3v) is 6.06. The predicted molar refractivity (Wildman–Crippen MR) is 108 cm³/mol. The van der Waals surface area contributed by atoms with Gasteiger partial charge in [-0.15, -0.1) is 0 Å². The molecule has 5 rings (SSSR count). The molecule has 1 N–H and O–H groups in total. The zero-order chi connectivity index (χ0) is 19.3. The Bertz CT molecular complexity index is 1100. The van der Waals surface area contributed by atoms with Gasteiger partial charge in [-0.3, -0.25) is 14.4 Å². The molecule has 3 aromatic rings. The summed E-state index contributed by atoms with van der Waals surface area (Å²) in [5.41, 5.74) is 5.52. The standard InChI is InChI=1S/C22H26N4O2/c1-15(27)20-12-18-14-24(8-4-10-26(18)23-20)13-17-11-21(28)25-9-3-6-16-5-2-7-19(17)22(16)25/h2,5,7,11-12,15,27H,3-4,6,8-10,13-14H2,1H3/t15-/m1/s1. The molecule has 1 atom stereocenters. The molecule has 4 heterocycles. The molecule has 6 heteroatoms. The minimum Gasteiger partial charge on any atom is -0.387 e. The monoisotopic (exact) mass is 378 g/mol. The van der Waals surface area contributed by atoms with Crippen molar-refractivity contribution in [2.45, 2.75) is 58.5 Å². The van der Waals surface area contributed by atoms with Gasteiger partial charge in [0.25, 0.3) is 5.56 Å². The van der Waals surface area contributed by atoms with Gasteiger partial charge in [0.1, 0.15) is 0 Å². The van der Waals surface area contributed by atoms with Crippen LogP contribution in [0.3, 0.4) is 0 Å². The van der Waals surface area contributed by atoms with Crippen molar-refractivity contribution >= 4 is 10.9 Å². The van der Waals surface area contributed by atoms with Crippen LogP contribution in [-0.2, 0) is 32.6 Å². The van der Waals surface area contributed by atoms with E-state index in [4.69, 9.17) is 0 Å². The zero-order valence-corrected chi connectivity index (χ0v) is 16.3. The number of rotatable bonds is 3. The third kappa shape index (κ3) is 2.97. The summed E-state index contributed by atoms with van der Waals surface area (Å²) in [4.78, 5) is 15.2. The van der Waals surface area contributed by atoms with E-state index in [1.165, 1.54) is 10.9 Å². The molecule has 146 valence electrons. The number of aryl methyl sites for hydroxylation is 3. The molecule has 0 aliphatic carbocycles. The van der Waals surface area contributed by atoms with Crippen LogP contribution < -0.4 is 5.56 Å². The zero-order valence-electron chi connectivity index (χ0n) is 16.3. The van der Waals surface area contributed by atoms with Gasteiger partial charge in [0.2, 0.25) is 0 Å². The maximum absolute atomic E-state index is 12.8. The predicted octanol–water partition coefficient (Wildman–Crippen LogP) is 2.60. The lowest BCUT2D eigenvalue weighted by Gasteiger charge is -2.24. The quantitative estimate of drug-likeness (QED) is 0.761. The third-order valence-electron chi connectivity index (χ3n) is 6.06. The summed E-state index contributed by atoms with van der Waals surface area (Å²) >= 11 is 0. The van der Waals surface area contributed by atoms with Crippen molar-refractivity contribution in [1.29, 1.82) is 0 Å². The van der Waals surface area contributed by atoms with Crippen LogP contribution in [0.15, 0.2) is 35.1 Å². The lowest BCUT2D eigenvalue weighted by molar-refractivity contribution is 0.193. The fourth-order valence-corrected chi connectivity index (χ4v) is 4.70. The van der Waals surface area contributed by atoms with Crippen LogP contribution in [-0.4, -0.2) is 30.9 Å². The van der Waals surface area contributed by atoms with Crippen LogP contribution in [0.4, 0.5) is 0 Å². The molecule has 28 heavy (non-hydrogen) atoms. The van der Waals surface area contributed by atoms with Gasteiger partial charge in [0.05, 0.1) is 23.0 Å². The second-order valence-corrected chi connectivity index (χ2v) is 8.10. The number of aromatic nitrogens is 3. The SMILES string of the molecule is C[C@@H](O)c1cc2n(n1)CCCN(Cc1cc(=O)n3c4c(cccc14)CCC3)C2. The van der Waals surface area contributed by atoms with Crippen molar-refractivity contribution < 1.29 is 5.11 Å². The normalized spacial score (nSPS) is 18.1. The van der Waals surface area contributed by atoms with Crippen LogP contribution in [0, 0.1) is 0 Å².